The zero-order valence-corrected chi connectivity index (χ0v) is 21.1. The molecule has 2 nitrogen and oxygen atoms in total. The predicted octanol–water partition coefficient (Wildman–Crippen LogP) is -1.46. The Hall–Kier alpha value is -0.240. The fourth-order valence-corrected chi connectivity index (χ4v) is 3.54. The van der Waals surface area contributed by atoms with Gasteiger partial charge in [0.15, 0.2) is 24.8 Å². The quantitative estimate of drug-likeness (QED) is 0.195. The molecule has 0 unspecified atom stereocenters. The van der Waals surface area contributed by atoms with Crippen molar-refractivity contribution in [3.05, 3.63) is 59.2 Å². The molecule has 0 aliphatic carbocycles. The first-order valence-corrected chi connectivity index (χ1v) is 9.47. The monoisotopic (exact) mass is 580 g/mol. The molecule has 0 aromatic carbocycles. The molecule has 2 aromatic rings. The van der Waals surface area contributed by atoms with Gasteiger partial charge in [0.05, 0.1) is 0 Å². The topological polar surface area (TPSA) is 7.76 Å². The molecule has 0 saturated carbocycles. The largest absolute Gasteiger partial charge is 1.00 e. The van der Waals surface area contributed by atoms with Gasteiger partial charge in [0.25, 0.3) is 0 Å². The van der Waals surface area contributed by atoms with E-state index in [-0.39, 0.29) is 48.0 Å². The van der Waals surface area contributed by atoms with Crippen LogP contribution in [0.5, 0.6) is 0 Å². The molecule has 0 N–H and O–H groups in total. The van der Waals surface area contributed by atoms with E-state index in [4.69, 9.17) is 0 Å². The summed E-state index contributed by atoms with van der Waals surface area (Å²) in [6, 6.07) is 4.48. The Balaban J connectivity index is 0.00000312. The second-order valence-corrected chi connectivity index (χ2v) is 7.38. The van der Waals surface area contributed by atoms with E-state index in [2.05, 4.69) is 73.7 Å². The Bertz CT molecular complexity index is 559. The molecule has 0 atom stereocenters. The molecular weight excluding hydrogens is 546 g/mol. The third-order valence-electron chi connectivity index (χ3n) is 4.47. The van der Waals surface area contributed by atoms with Crippen LogP contribution in [0.1, 0.15) is 60.8 Å². The van der Waals surface area contributed by atoms with Crippen LogP contribution >= 0.6 is 0 Å². The van der Waals surface area contributed by atoms with Crippen LogP contribution in [0.3, 0.4) is 0 Å². The number of halogens is 2. The first kappa shape index (κ1) is 25.8. The summed E-state index contributed by atoms with van der Waals surface area (Å²) in [5.74, 6) is 0. The van der Waals surface area contributed by atoms with Gasteiger partial charge in [-0.1, -0.05) is 12.8 Å². The van der Waals surface area contributed by atoms with Crippen molar-refractivity contribution >= 4 is 0 Å². The van der Waals surface area contributed by atoms with Gasteiger partial charge in [0.2, 0.25) is 0 Å². The normalized spacial score (nSPS) is 10.2. The van der Waals surface area contributed by atoms with E-state index in [9.17, 15) is 0 Å². The Morgan fingerprint density at radius 2 is 0.769 bits per heavy atom. The summed E-state index contributed by atoms with van der Waals surface area (Å²) in [6.07, 6.45) is 17.0. The van der Waals surface area contributed by atoms with Gasteiger partial charge in [0, 0.05) is 35.1 Å². The van der Waals surface area contributed by atoms with Crippen LogP contribution in [-0.4, -0.2) is 0 Å². The van der Waals surface area contributed by atoms with Crippen molar-refractivity contribution in [2.45, 2.75) is 79.3 Å². The second-order valence-electron chi connectivity index (χ2n) is 7.38. The van der Waals surface area contributed by atoms with Crippen LogP contribution in [-0.2, 0) is 13.1 Å². The number of hydrogen-bond donors (Lipinski definition) is 0. The summed E-state index contributed by atoms with van der Waals surface area (Å²) in [5, 5.41) is 0. The second kappa shape index (κ2) is 13.9. The predicted molar refractivity (Wildman–Crippen MR) is 99.9 cm³/mol. The maximum absolute atomic E-state index is 2.35. The van der Waals surface area contributed by atoms with Crippen molar-refractivity contribution in [3.8, 4) is 0 Å². The molecule has 26 heavy (non-hydrogen) atoms. The van der Waals surface area contributed by atoms with Gasteiger partial charge in [-0.3, -0.25) is 0 Å². The molecule has 2 rings (SSSR count). The molecule has 0 bridgehead atoms. The van der Waals surface area contributed by atoms with E-state index in [0.29, 0.717) is 0 Å². The van der Waals surface area contributed by atoms with Crippen LogP contribution in [0.25, 0.3) is 0 Å². The fraction of sp³-hybridized carbons (Fsp3) is 0.545. The highest BCUT2D eigenvalue weighted by atomic mass is 127. The molecule has 146 valence electrons. The van der Waals surface area contributed by atoms with Gasteiger partial charge in [-0.25, -0.2) is 9.13 Å². The number of aromatic nitrogens is 2. The maximum Gasteiger partial charge on any atom is 0.171 e. The van der Waals surface area contributed by atoms with Gasteiger partial charge in [0.1, 0.15) is 13.1 Å². The van der Waals surface area contributed by atoms with Gasteiger partial charge >= 0.3 is 0 Å². The van der Waals surface area contributed by atoms with E-state index in [0.717, 1.165) is 13.1 Å². The number of nitrogens with zero attached hydrogens (tertiary/aromatic N) is 2. The van der Waals surface area contributed by atoms with E-state index < -0.39 is 0 Å². The van der Waals surface area contributed by atoms with E-state index in [1.807, 2.05) is 0 Å². The lowest BCUT2D eigenvalue weighted by atomic mass is 10.1. The highest BCUT2D eigenvalue weighted by molar-refractivity contribution is 5.11. The van der Waals surface area contributed by atoms with E-state index in [1.54, 1.807) is 0 Å². The molecule has 0 radical (unpaired) electrons. The van der Waals surface area contributed by atoms with Crippen LogP contribution in [0, 0.1) is 27.7 Å². The molecule has 0 aliphatic rings. The SMILES string of the molecule is Cc1cc(C)c[n+](CCCCCCCC[n+]2cc(C)cc(C)c2)c1.[I-].[I-]. The molecule has 2 aromatic heterocycles. The highest BCUT2D eigenvalue weighted by Crippen LogP contribution is 2.06. The van der Waals surface area contributed by atoms with Crippen LogP contribution in [0.2, 0.25) is 0 Å². The Morgan fingerprint density at radius 3 is 1.08 bits per heavy atom. The number of aryl methyl sites for hydroxylation is 6. The molecule has 2 heterocycles. The summed E-state index contributed by atoms with van der Waals surface area (Å²) < 4.78 is 4.70. The van der Waals surface area contributed by atoms with Gasteiger partial charge in [-0.05, 0) is 52.7 Å². The van der Waals surface area contributed by atoms with Gasteiger partial charge < -0.3 is 48.0 Å². The molecule has 0 saturated heterocycles. The number of unbranched alkanes of at least 4 members (excludes halogenated alkanes) is 5. The average molecular weight is 580 g/mol. The number of rotatable bonds is 9. The Kier molecular flexibility index (Phi) is 13.7. The zero-order valence-electron chi connectivity index (χ0n) is 16.8. The third-order valence-corrected chi connectivity index (χ3v) is 4.47. The van der Waals surface area contributed by atoms with E-state index in [1.165, 1.54) is 60.8 Å². The summed E-state index contributed by atoms with van der Waals surface area (Å²) in [5.41, 5.74) is 5.44. The average Bonchev–Trinajstić information content (AvgIpc) is 2.48. The molecule has 0 fully saturated rings. The molecular formula is C22H34I2N2. The molecule has 0 spiro atoms. The fourth-order valence-electron chi connectivity index (χ4n) is 3.54. The summed E-state index contributed by atoms with van der Waals surface area (Å²) in [7, 11) is 0. The first-order valence-electron chi connectivity index (χ1n) is 9.47. The lowest BCUT2D eigenvalue weighted by Crippen LogP contribution is -3.00. The van der Waals surface area contributed by atoms with Crippen molar-refractivity contribution in [2.75, 3.05) is 0 Å². The van der Waals surface area contributed by atoms with Crippen molar-refractivity contribution in [1.82, 2.24) is 0 Å². The molecule has 0 aliphatic heterocycles. The minimum absolute atomic E-state index is 0. The minimum atomic E-state index is 0. The summed E-state index contributed by atoms with van der Waals surface area (Å²) in [4.78, 5) is 0. The summed E-state index contributed by atoms with van der Waals surface area (Å²) in [6.45, 7) is 11.0. The maximum atomic E-state index is 2.35. The van der Waals surface area contributed by atoms with Crippen molar-refractivity contribution in [3.63, 3.8) is 0 Å². The summed E-state index contributed by atoms with van der Waals surface area (Å²) >= 11 is 0. The highest BCUT2D eigenvalue weighted by Gasteiger charge is 2.04. The van der Waals surface area contributed by atoms with Crippen LogP contribution < -0.4 is 57.1 Å². The van der Waals surface area contributed by atoms with Crippen LogP contribution in [0.15, 0.2) is 36.9 Å². The minimum Gasteiger partial charge on any atom is -1.00 e. The smallest absolute Gasteiger partial charge is 0.171 e. The standard InChI is InChI=1S/C22H34N2.2HI/c1-19-13-20(2)16-23(15-19)11-9-7-5-6-8-10-12-24-17-21(3)14-22(4)18-24;;/h13-18H,5-12H2,1-4H3;2*1H/q+2;;/p-2. The van der Waals surface area contributed by atoms with E-state index >= 15 is 0 Å². The molecule has 0 amide bonds. The van der Waals surface area contributed by atoms with Crippen molar-refractivity contribution < 1.29 is 57.1 Å². The zero-order chi connectivity index (χ0) is 17.4. The Morgan fingerprint density at radius 1 is 0.500 bits per heavy atom. The van der Waals surface area contributed by atoms with Crippen molar-refractivity contribution in [2.24, 2.45) is 0 Å². The Labute approximate surface area is 194 Å². The number of hydrogen-bond acceptors (Lipinski definition) is 0. The van der Waals surface area contributed by atoms with Gasteiger partial charge in [-0.2, -0.15) is 0 Å². The lowest BCUT2D eigenvalue weighted by Gasteiger charge is -2.02. The van der Waals surface area contributed by atoms with Gasteiger partial charge in [-0.15, -0.1) is 0 Å². The number of pyridine rings is 2. The van der Waals surface area contributed by atoms with Crippen molar-refractivity contribution in [1.29, 1.82) is 0 Å². The first-order chi connectivity index (χ1) is 11.5. The van der Waals surface area contributed by atoms with Crippen LogP contribution in [0.4, 0.5) is 0 Å². The molecule has 4 heteroatoms. The third kappa shape index (κ3) is 10.2. The lowest BCUT2D eigenvalue weighted by molar-refractivity contribution is -0.698.